The van der Waals surface area contributed by atoms with Gasteiger partial charge >= 0.3 is 0 Å². The highest BCUT2D eigenvalue weighted by molar-refractivity contribution is 5.82. The Morgan fingerprint density at radius 1 is 1.26 bits per heavy atom. The number of piperazine rings is 1. The van der Waals surface area contributed by atoms with Gasteiger partial charge in [0.1, 0.15) is 0 Å². The monoisotopic (exact) mass is 317 g/mol. The number of nitrogens with zero attached hydrogens (tertiary/aromatic N) is 1. The number of hydrogen-bond donors (Lipinski definition) is 2. The van der Waals surface area contributed by atoms with E-state index in [0.717, 1.165) is 18.5 Å². The number of benzene rings is 1. The van der Waals surface area contributed by atoms with E-state index in [1.807, 2.05) is 11.8 Å². The molecule has 1 aliphatic heterocycles. The molecule has 0 aliphatic carbocycles. The molecular formula is C18H27N3O2. The zero-order valence-electron chi connectivity index (χ0n) is 14.3. The van der Waals surface area contributed by atoms with Crippen molar-refractivity contribution in [1.82, 2.24) is 15.5 Å². The Morgan fingerprint density at radius 3 is 2.57 bits per heavy atom. The van der Waals surface area contributed by atoms with E-state index in [2.05, 4.69) is 48.7 Å². The van der Waals surface area contributed by atoms with Gasteiger partial charge in [0.15, 0.2) is 0 Å². The molecule has 1 aromatic rings. The molecule has 2 N–H and O–H groups in total. The molecular weight excluding hydrogens is 290 g/mol. The second-order valence-corrected chi connectivity index (χ2v) is 6.69. The summed E-state index contributed by atoms with van der Waals surface area (Å²) in [5.41, 5.74) is 2.42. The van der Waals surface area contributed by atoms with E-state index in [0.29, 0.717) is 19.0 Å². The predicted octanol–water partition coefficient (Wildman–Crippen LogP) is 1.49. The van der Waals surface area contributed by atoms with Gasteiger partial charge in [-0.25, -0.2) is 0 Å². The number of carbonyl (C=O) groups is 2. The highest BCUT2D eigenvalue weighted by atomic mass is 16.2. The van der Waals surface area contributed by atoms with Crippen LogP contribution in [0.3, 0.4) is 0 Å². The van der Waals surface area contributed by atoms with Gasteiger partial charge in [-0.2, -0.15) is 0 Å². The van der Waals surface area contributed by atoms with Crippen LogP contribution in [-0.4, -0.2) is 42.9 Å². The molecule has 5 heteroatoms. The van der Waals surface area contributed by atoms with Crippen LogP contribution in [0.25, 0.3) is 0 Å². The molecule has 1 atom stereocenters. The molecule has 0 bridgehead atoms. The van der Waals surface area contributed by atoms with Crippen molar-refractivity contribution in [3.05, 3.63) is 35.4 Å². The lowest BCUT2D eigenvalue weighted by Crippen LogP contribution is -2.50. The third-order valence-electron chi connectivity index (χ3n) is 3.99. The van der Waals surface area contributed by atoms with Crippen molar-refractivity contribution in [1.29, 1.82) is 0 Å². The summed E-state index contributed by atoms with van der Waals surface area (Å²) in [4.78, 5) is 25.3. The Kier molecular flexibility index (Phi) is 6.16. The highest BCUT2D eigenvalue weighted by Crippen LogP contribution is 2.15. The summed E-state index contributed by atoms with van der Waals surface area (Å²) in [5.74, 6) is 0.580. The van der Waals surface area contributed by atoms with E-state index in [4.69, 9.17) is 0 Å². The maximum atomic E-state index is 12.1. The third kappa shape index (κ3) is 5.67. The van der Waals surface area contributed by atoms with Crippen molar-refractivity contribution in [3.8, 4) is 0 Å². The lowest BCUT2D eigenvalue weighted by Gasteiger charge is -2.26. The predicted molar refractivity (Wildman–Crippen MR) is 91.0 cm³/mol. The van der Waals surface area contributed by atoms with Crippen molar-refractivity contribution in [2.75, 3.05) is 26.2 Å². The van der Waals surface area contributed by atoms with Crippen molar-refractivity contribution in [2.45, 2.75) is 33.2 Å². The minimum atomic E-state index is -0.0431. The number of carbonyl (C=O) groups excluding carboxylic acids is 2. The standard InChI is InChI=1S/C18H27N3O2/c1-13(2)10-15-4-6-16(7-5-15)14(3)20-18(23)12-21-9-8-19-17(22)11-21/h4-7,13-14H,8-12H2,1-3H3,(H,19,22)(H,20,23)/t14-/m1/s1. The zero-order valence-corrected chi connectivity index (χ0v) is 14.3. The van der Waals surface area contributed by atoms with Crippen LogP contribution >= 0.6 is 0 Å². The number of nitrogens with one attached hydrogen (secondary N) is 2. The summed E-state index contributed by atoms with van der Waals surface area (Å²) in [5, 5.41) is 5.76. The topological polar surface area (TPSA) is 61.4 Å². The first-order valence-corrected chi connectivity index (χ1v) is 8.31. The Labute approximate surface area is 138 Å². The summed E-state index contributed by atoms with van der Waals surface area (Å²) < 4.78 is 0. The molecule has 1 aliphatic rings. The SMILES string of the molecule is CC(C)Cc1ccc([C@@H](C)NC(=O)CN2CCNC(=O)C2)cc1. The first kappa shape index (κ1) is 17.5. The summed E-state index contributed by atoms with van der Waals surface area (Å²) >= 11 is 0. The van der Waals surface area contributed by atoms with Crippen LogP contribution in [0, 0.1) is 5.92 Å². The Morgan fingerprint density at radius 2 is 1.96 bits per heavy atom. The molecule has 0 spiro atoms. The molecule has 5 nitrogen and oxygen atoms in total. The van der Waals surface area contributed by atoms with E-state index in [-0.39, 0.29) is 24.4 Å². The minimum absolute atomic E-state index is 0.0159. The molecule has 2 rings (SSSR count). The maximum absolute atomic E-state index is 12.1. The zero-order chi connectivity index (χ0) is 16.8. The van der Waals surface area contributed by atoms with Gasteiger partial charge in [0, 0.05) is 13.1 Å². The molecule has 23 heavy (non-hydrogen) atoms. The second kappa shape index (κ2) is 8.11. The van der Waals surface area contributed by atoms with Crippen LogP contribution in [0.5, 0.6) is 0 Å². The summed E-state index contributed by atoms with van der Waals surface area (Å²) in [6, 6.07) is 8.39. The number of rotatable bonds is 6. The van der Waals surface area contributed by atoms with Gasteiger partial charge in [-0.3, -0.25) is 14.5 Å². The van der Waals surface area contributed by atoms with Crippen molar-refractivity contribution < 1.29 is 9.59 Å². The van der Waals surface area contributed by atoms with E-state index < -0.39 is 0 Å². The smallest absolute Gasteiger partial charge is 0.234 e. The third-order valence-corrected chi connectivity index (χ3v) is 3.99. The fraction of sp³-hybridized carbons (Fsp3) is 0.556. The van der Waals surface area contributed by atoms with Gasteiger partial charge in [0.25, 0.3) is 0 Å². The van der Waals surface area contributed by atoms with Gasteiger partial charge in [0.05, 0.1) is 19.1 Å². The van der Waals surface area contributed by atoms with E-state index in [9.17, 15) is 9.59 Å². The van der Waals surface area contributed by atoms with Crippen LogP contribution < -0.4 is 10.6 Å². The molecule has 0 aromatic heterocycles. The van der Waals surface area contributed by atoms with Crippen LogP contribution in [0.1, 0.15) is 37.9 Å². The van der Waals surface area contributed by atoms with Crippen LogP contribution in [0.2, 0.25) is 0 Å². The van der Waals surface area contributed by atoms with E-state index in [1.165, 1.54) is 5.56 Å². The summed E-state index contributed by atoms with van der Waals surface area (Å²) in [7, 11) is 0. The molecule has 1 aromatic carbocycles. The van der Waals surface area contributed by atoms with Crippen LogP contribution in [0.15, 0.2) is 24.3 Å². The first-order chi connectivity index (χ1) is 10.9. The van der Waals surface area contributed by atoms with Crippen LogP contribution in [0.4, 0.5) is 0 Å². The van der Waals surface area contributed by atoms with Crippen molar-refractivity contribution in [2.24, 2.45) is 5.92 Å². The fourth-order valence-electron chi connectivity index (χ4n) is 2.81. The van der Waals surface area contributed by atoms with E-state index in [1.54, 1.807) is 0 Å². The highest BCUT2D eigenvalue weighted by Gasteiger charge is 2.19. The van der Waals surface area contributed by atoms with Crippen LogP contribution in [-0.2, 0) is 16.0 Å². The molecule has 2 amide bonds. The summed E-state index contributed by atoms with van der Waals surface area (Å²) in [6.07, 6.45) is 1.07. The number of amides is 2. The molecule has 1 heterocycles. The lowest BCUT2D eigenvalue weighted by molar-refractivity contribution is -0.127. The largest absolute Gasteiger partial charge is 0.354 e. The van der Waals surface area contributed by atoms with Crippen molar-refractivity contribution in [3.63, 3.8) is 0 Å². The molecule has 126 valence electrons. The maximum Gasteiger partial charge on any atom is 0.234 e. The first-order valence-electron chi connectivity index (χ1n) is 8.31. The lowest BCUT2D eigenvalue weighted by atomic mass is 10.00. The van der Waals surface area contributed by atoms with Gasteiger partial charge in [-0.05, 0) is 30.4 Å². The minimum Gasteiger partial charge on any atom is -0.354 e. The molecule has 0 unspecified atom stereocenters. The molecule has 1 fully saturated rings. The van der Waals surface area contributed by atoms with Crippen molar-refractivity contribution >= 4 is 11.8 Å². The Hall–Kier alpha value is -1.88. The Balaban J connectivity index is 1.84. The number of hydrogen-bond acceptors (Lipinski definition) is 3. The van der Waals surface area contributed by atoms with Gasteiger partial charge < -0.3 is 10.6 Å². The fourth-order valence-corrected chi connectivity index (χ4v) is 2.81. The van der Waals surface area contributed by atoms with E-state index >= 15 is 0 Å². The molecule has 1 saturated heterocycles. The summed E-state index contributed by atoms with van der Waals surface area (Å²) in [6.45, 7) is 8.29. The Bertz CT molecular complexity index is 540. The quantitative estimate of drug-likeness (QED) is 0.836. The molecule has 0 saturated carbocycles. The average Bonchev–Trinajstić information content (AvgIpc) is 2.47. The van der Waals surface area contributed by atoms with Gasteiger partial charge in [-0.1, -0.05) is 38.1 Å². The molecule has 0 radical (unpaired) electrons. The second-order valence-electron chi connectivity index (χ2n) is 6.69. The average molecular weight is 317 g/mol. The normalized spacial score (nSPS) is 17.0. The van der Waals surface area contributed by atoms with Gasteiger partial charge in [0.2, 0.25) is 11.8 Å². The van der Waals surface area contributed by atoms with Gasteiger partial charge in [-0.15, -0.1) is 0 Å².